The molecule has 0 spiro atoms. The Bertz CT molecular complexity index is 401. The average Bonchev–Trinajstić information content (AvgIpc) is 2.81. The van der Waals surface area contributed by atoms with E-state index < -0.39 is 5.97 Å². The molecule has 1 rings (SSSR count). The lowest BCUT2D eigenvalue weighted by atomic mass is 10.4. The van der Waals surface area contributed by atoms with E-state index in [-0.39, 0.29) is 19.0 Å². The number of hydrogen-bond acceptors (Lipinski definition) is 4. The molecule has 0 N–H and O–H groups in total. The van der Waals surface area contributed by atoms with Crippen molar-refractivity contribution >= 4 is 11.9 Å². The highest BCUT2D eigenvalue weighted by Gasteiger charge is 2.17. The van der Waals surface area contributed by atoms with Gasteiger partial charge in [-0.2, -0.15) is 5.10 Å². The zero-order chi connectivity index (χ0) is 13.4. The fraction of sp³-hybridized carbons (Fsp3) is 0.417. The maximum Gasteiger partial charge on any atom is 0.325 e. The smallest absolute Gasteiger partial charge is 0.325 e. The summed E-state index contributed by atoms with van der Waals surface area (Å²) < 4.78 is 6.32. The van der Waals surface area contributed by atoms with Crippen LogP contribution in [0, 0.1) is 0 Å². The van der Waals surface area contributed by atoms with Gasteiger partial charge in [0.25, 0.3) is 0 Å². The Hall–Kier alpha value is -2.11. The van der Waals surface area contributed by atoms with Crippen LogP contribution in [0.25, 0.3) is 0 Å². The standard InChI is InChI=1S/C12H17N3O3/c1-3-7-14(10-12(17)18-4-2)11(16)9-15-8-5-6-13-15/h3,5-6,8H,1,4,7,9-10H2,2H3. The monoisotopic (exact) mass is 251 g/mol. The van der Waals surface area contributed by atoms with E-state index in [9.17, 15) is 9.59 Å². The second-order valence-electron chi connectivity index (χ2n) is 3.57. The minimum Gasteiger partial charge on any atom is -0.465 e. The van der Waals surface area contributed by atoms with Gasteiger partial charge in [-0.15, -0.1) is 6.58 Å². The van der Waals surface area contributed by atoms with Gasteiger partial charge >= 0.3 is 5.97 Å². The van der Waals surface area contributed by atoms with Gasteiger partial charge in [0.15, 0.2) is 0 Å². The molecule has 18 heavy (non-hydrogen) atoms. The fourth-order valence-electron chi connectivity index (χ4n) is 1.41. The molecule has 1 aromatic heterocycles. The first-order chi connectivity index (χ1) is 8.67. The van der Waals surface area contributed by atoms with Crippen molar-refractivity contribution in [3.8, 4) is 0 Å². The van der Waals surface area contributed by atoms with Gasteiger partial charge in [0, 0.05) is 18.9 Å². The number of carbonyl (C=O) groups is 2. The van der Waals surface area contributed by atoms with Crippen molar-refractivity contribution in [1.82, 2.24) is 14.7 Å². The highest BCUT2D eigenvalue weighted by Crippen LogP contribution is 1.96. The maximum atomic E-state index is 11.9. The molecule has 0 fully saturated rings. The van der Waals surface area contributed by atoms with Crippen LogP contribution in [0.15, 0.2) is 31.1 Å². The van der Waals surface area contributed by atoms with Gasteiger partial charge in [0.2, 0.25) is 5.91 Å². The van der Waals surface area contributed by atoms with Gasteiger partial charge in [0.1, 0.15) is 13.1 Å². The number of esters is 1. The quantitative estimate of drug-likeness (QED) is 0.521. The Balaban J connectivity index is 2.57. The number of carbonyl (C=O) groups excluding carboxylic acids is 2. The van der Waals surface area contributed by atoms with E-state index in [4.69, 9.17) is 4.74 Å². The Labute approximate surface area is 106 Å². The summed E-state index contributed by atoms with van der Waals surface area (Å²) in [6, 6.07) is 1.73. The molecule has 0 aliphatic rings. The number of nitrogens with zero attached hydrogens (tertiary/aromatic N) is 3. The summed E-state index contributed by atoms with van der Waals surface area (Å²) in [4.78, 5) is 24.7. The normalized spacial score (nSPS) is 9.83. The minimum absolute atomic E-state index is 0.0695. The molecule has 0 saturated carbocycles. The van der Waals surface area contributed by atoms with Crippen LogP contribution in [0.2, 0.25) is 0 Å². The predicted octanol–water partition coefficient (Wildman–Crippen LogP) is 0.461. The van der Waals surface area contributed by atoms with Crippen LogP contribution >= 0.6 is 0 Å². The van der Waals surface area contributed by atoms with Crippen LogP contribution in [-0.4, -0.2) is 46.3 Å². The van der Waals surface area contributed by atoms with Gasteiger partial charge in [-0.1, -0.05) is 6.08 Å². The lowest BCUT2D eigenvalue weighted by Gasteiger charge is -2.19. The molecule has 0 saturated heterocycles. The Morgan fingerprint density at radius 2 is 2.33 bits per heavy atom. The molecule has 6 nitrogen and oxygen atoms in total. The third-order valence-corrected chi connectivity index (χ3v) is 2.18. The number of aromatic nitrogens is 2. The summed E-state index contributed by atoms with van der Waals surface area (Å²) in [5.74, 6) is -0.625. The van der Waals surface area contributed by atoms with Crippen molar-refractivity contribution in [3.05, 3.63) is 31.1 Å². The summed E-state index contributed by atoms with van der Waals surface area (Å²) in [6.07, 6.45) is 4.85. The molecule has 6 heteroatoms. The third kappa shape index (κ3) is 4.40. The molecule has 1 aromatic rings. The molecule has 0 unspecified atom stereocenters. The summed E-state index contributed by atoms with van der Waals surface area (Å²) in [7, 11) is 0. The van der Waals surface area contributed by atoms with E-state index in [1.165, 1.54) is 9.58 Å². The molecule has 0 bridgehead atoms. The molecule has 0 radical (unpaired) electrons. The van der Waals surface area contributed by atoms with Crippen LogP contribution in [0.4, 0.5) is 0 Å². The van der Waals surface area contributed by atoms with Gasteiger partial charge < -0.3 is 9.64 Å². The average molecular weight is 251 g/mol. The number of amides is 1. The highest BCUT2D eigenvalue weighted by molar-refractivity contribution is 5.82. The molecule has 1 amide bonds. The summed E-state index contributed by atoms with van der Waals surface area (Å²) >= 11 is 0. The van der Waals surface area contributed by atoms with Gasteiger partial charge in [0.05, 0.1) is 6.61 Å². The molecule has 0 aliphatic carbocycles. The Kier molecular flexibility index (Phi) is 5.63. The van der Waals surface area contributed by atoms with E-state index >= 15 is 0 Å². The van der Waals surface area contributed by atoms with Crippen LogP contribution in [0.5, 0.6) is 0 Å². The van der Waals surface area contributed by atoms with Crippen molar-refractivity contribution < 1.29 is 14.3 Å². The van der Waals surface area contributed by atoms with Crippen molar-refractivity contribution in [2.24, 2.45) is 0 Å². The zero-order valence-electron chi connectivity index (χ0n) is 10.4. The van der Waals surface area contributed by atoms with Gasteiger partial charge in [-0.05, 0) is 13.0 Å². The summed E-state index contributed by atoms with van der Waals surface area (Å²) in [6.45, 7) is 5.92. The third-order valence-electron chi connectivity index (χ3n) is 2.18. The zero-order valence-corrected chi connectivity index (χ0v) is 10.4. The van der Waals surface area contributed by atoms with E-state index in [0.717, 1.165) is 0 Å². The van der Waals surface area contributed by atoms with Crippen LogP contribution in [0.1, 0.15) is 6.92 Å². The fourth-order valence-corrected chi connectivity index (χ4v) is 1.41. The van der Waals surface area contributed by atoms with E-state index in [2.05, 4.69) is 11.7 Å². The topological polar surface area (TPSA) is 64.4 Å². The molecule has 0 aromatic carbocycles. The number of ether oxygens (including phenoxy) is 1. The van der Waals surface area contributed by atoms with Crippen LogP contribution in [0.3, 0.4) is 0 Å². The largest absolute Gasteiger partial charge is 0.465 e. The second-order valence-corrected chi connectivity index (χ2v) is 3.57. The maximum absolute atomic E-state index is 11.9. The van der Waals surface area contributed by atoms with E-state index in [0.29, 0.717) is 13.2 Å². The lowest BCUT2D eigenvalue weighted by molar-refractivity contribution is -0.148. The molecule has 0 atom stereocenters. The first-order valence-electron chi connectivity index (χ1n) is 5.69. The summed E-state index contributed by atoms with van der Waals surface area (Å²) in [5, 5.41) is 3.94. The second kappa shape index (κ2) is 7.26. The molecule has 0 aliphatic heterocycles. The molecule has 1 heterocycles. The molecular formula is C12H17N3O3. The first kappa shape index (κ1) is 14.0. The minimum atomic E-state index is -0.423. The highest BCUT2D eigenvalue weighted by atomic mass is 16.5. The van der Waals surface area contributed by atoms with Crippen molar-refractivity contribution in [2.75, 3.05) is 19.7 Å². The lowest BCUT2D eigenvalue weighted by Crippen LogP contribution is -2.38. The van der Waals surface area contributed by atoms with Crippen molar-refractivity contribution in [1.29, 1.82) is 0 Å². The number of rotatable bonds is 7. The van der Waals surface area contributed by atoms with Crippen molar-refractivity contribution in [2.45, 2.75) is 13.5 Å². The van der Waals surface area contributed by atoms with Gasteiger partial charge in [-0.25, -0.2) is 0 Å². The van der Waals surface area contributed by atoms with Crippen LogP contribution < -0.4 is 0 Å². The Morgan fingerprint density at radius 3 is 2.89 bits per heavy atom. The van der Waals surface area contributed by atoms with E-state index in [1.807, 2.05) is 0 Å². The van der Waals surface area contributed by atoms with E-state index in [1.54, 1.807) is 31.5 Å². The molecular weight excluding hydrogens is 234 g/mol. The van der Waals surface area contributed by atoms with Gasteiger partial charge in [-0.3, -0.25) is 14.3 Å². The molecule has 98 valence electrons. The van der Waals surface area contributed by atoms with Crippen molar-refractivity contribution in [3.63, 3.8) is 0 Å². The SMILES string of the molecule is C=CCN(CC(=O)OCC)C(=O)Cn1cccn1. The van der Waals surface area contributed by atoms with Crippen LogP contribution in [-0.2, 0) is 20.9 Å². The first-order valence-corrected chi connectivity index (χ1v) is 5.69. The number of hydrogen-bond donors (Lipinski definition) is 0. The predicted molar refractivity (Wildman–Crippen MR) is 65.6 cm³/mol. The Morgan fingerprint density at radius 1 is 1.56 bits per heavy atom. The summed E-state index contributed by atoms with van der Waals surface area (Å²) in [5.41, 5.74) is 0.